The molecule has 0 unspecified atom stereocenters. The van der Waals surface area contributed by atoms with Gasteiger partial charge in [0, 0.05) is 0 Å². The summed E-state index contributed by atoms with van der Waals surface area (Å²) in [6.07, 6.45) is 2.77. The zero-order valence-electron chi connectivity index (χ0n) is 9.40. The lowest BCUT2D eigenvalue weighted by atomic mass is 10.0. The number of rotatable bonds is 4. The molecule has 0 saturated heterocycles. The van der Waals surface area contributed by atoms with Gasteiger partial charge in [-0.05, 0) is 37.3 Å². The summed E-state index contributed by atoms with van der Waals surface area (Å²) in [6, 6.07) is 14.1. The Kier molecular flexibility index (Phi) is 4.83. The normalized spacial score (nSPS) is 8.94. The maximum absolute atomic E-state index is 8.68. The molecular weight excluding hydrogens is 196 g/mol. The summed E-state index contributed by atoms with van der Waals surface area (Å²) in [4.78, 5) is 0. The van der Waals surface area contributed by atoms with Crippen LogP contribution in [-0.4, -0.2) is 0 Å². The first-order valence-electron chi connectivity index (χ1n) is 5.32. The number of allylic oxidation sites excluding steroid dienone is 2. The summed E-state index contributed by atoms with van der Waals surface area (Å²) in [7, 11) is 0. The molecule has 0 fully saturated rings. The minimum absolute atomic E-state index is 0.257. The monoisotopic (exact) mass is 210 g/mol. The first-order chi connectivity index (χ1) is 7.77. The Labute approximate surface area is 96.4 Å². The average Bonchev–Trinajstić information content (AvgIpc) is 2.32. The van der Waals surface area contributed by atoms with Gasteiger partial charge in [0.05, 0.1) is 0 Å². The van der Waals surface area contributed by atoms with Crippen LogP contribution in [0.25, 0.3) is 0 Å². The Hall–Kier alpha value is -2.06. The van der Waals surface area contributed by atoms with Crippen LogP contribution in [0.5, 0.6) is 0 Å². The van der Waals surface area contributed by atoms with E-state index in [0.29, 0.717) is 0 Å². The molecule has 0 amide bonds. The first-order valence-corrected chi connectivity index (χ1v) is 5.32. The summed E-state index contributed by atoms with van der Waals surface area (Å²) in [5.41, 5.74) is 2.44. The van der Waals surface area contributed by atoms with Crippen molar-refractivity contribution in [3.05, 3.63) is 47.0 Å². The van der Waals surface area contributed by atoms with Crippen LogP contribution in [0.1, 0.15) is 25.3 Å². The molecule has 1 aromatic carbocycles. The molecule has 1 rings (SSSR count). The molecule has 0 aliphatic heterocycles. The third kappa shape index (κ3) is 3.59. The topological polar surface area (TPSA) is 47.6 Å². The van der Waals surface area contributed by atoms with Crippen LogP contribution < -0.4 is 0 Å². The molecule has 16 heavy (non-hydrogen) atoms. The summed E-state index contributed by atoms with van der Waals surface area (Å²) in [5, 5.41) is 17.4. The molecule has 0 aliphatic rings. The lowest BCUT2D eigenvalue weighted by molar-refractivity contribution is 0.809. The van der Waals surface area contributed by atoms with Crippen molar-refractivity contribution in [3.8, 4) is 12.1 Å². The average molecular weight is 210 g/mol. The minimum Gasteiger partial charge on any atom is -0.192 e. The van der Waals surface area contributed by atoms with Gasteiger partial charge in [-0.3, -0.25) is 0 Å². The zero-order valence-corrected chi connectivity index (χ0v) is 9.40. The second kappa shape index (κ2) is 6.43. The highest BCUT2D eigenvalue weighted by atomic mass is 14.3. The molecule has 2 heteroatoms. The third-order valence-corrected chi connectivity index (χ3v) is 2.51. The molecule has 0 aromatic heterocycles. The summed E-state index contributed by atoms with van der Waals surface area (Å²) < 4.78 is 0. The lowest BCUT2D eigenvalue weighted by Crippen LogP contribution is -1.88. The number of hydrogen-bond acceptors (Lipinski definition) is 2. The molecule has 2 nitrogen and oxygen atoms in total. The molecule has 80 valence electrons. The molecule has 0 radical (unpaired) electrons. The van der Waals surface area contributed by atoms with Crippen molar-refractivity contribution in [2.45, 2.75) is 26.2 Å². The van der Waals surface area contributed by atoms with Crippen LogP contribution in [0.15, 0.2) is 41.5 Å². The molecule has 0 atom stereocenters. The largest absolute Gasteiger partial charge is 0.192 e. The fourth-order valence-electron chi connectivity index (χ4n) is 1.54. The first kappa shape index (κ1) is 12.0. The Morgan fingerprint density at radius 1 is 1.12 bits per heavy atom. The smallest absolute Gasteiger partial charge is 0.128 e. The van der Waals surface area contributed by atoms with Crippen LogP contribution in [0.3, 0.4) is 0 Å². The van der Waals surface area contributed by atoms with Crippen molar-refractivity contribution < 1.29 is 0 Å². The second-order valence-electron chi connectivity index (χ2n) is 3.72. The van der Waals surface area contributed by atoms with Gasteiger partial charge in [-0.25, -0.2) is 0 Å². The van der Waals surface area contributed by atoms with E-state index in [-0.39, 0.29) is 5.57 Å². The van der Waals surface area contributed by atoms with Crippen molar-refractivity contribution in [1.29, 1.82) is 10.5 Å². The minimum atomic E-state index is 0.257. The molecule has 0 N–H and O–H groups in total. The molecule has 1 aromatic rings. The van der Waals surface area contributed by atoms with Gasteiger partial charge in [0.25, 0.3) is 0 Å². The van der Waals surface area contributed by atoms with E-state index in [4.69, 9.17) is 10.5 Å². The van der Waals surface area contributed by atoms with Crippen LogP contribution >= 0.6 is 0 Å². The Balaban J connectivity index is 2.46. The van der Waals surface area contributed by atoms with E-state index in [1.54, 1.807) is 0 Å². The molecule has 0 saturated carbocycles. The predicted octanol–water partition coefficient (Wildman–Crippen LogP) is 3.37. The van der Waals surface area contributed by atoms with Crippen molar-refractivity contribution in [3.63, 3.8) is 0 Å². The fourth-order valence-corrected chi connectivity index (χ4v) is 1.54. The van der Waals surface area contributed by atoms with Crippen molar-refractivity contribution in [2.24, 2.45) is 0 Å². The van der Waals surface area contributed by atoms with Crippen LogP contribution in [0, 0.1) is 22.7 Å². The maximum atomic E-state index is 8.68. The van der Waals surface area contributed by atoms with E-state index in [0.717, 1.165) is 24.8 Å². The van der Waals surface area contributed by atoms with Gasteiger partial charge in [0.15, 0.2) is 0 Å². The summed E-state index contributed by atoms with van der Waals surface area (Å²) in [6.45, 7) is 1.85. The molecular formula is C14H14N2. The van der Waals surface area contributed by atoms with Gasteiger partial charge in [-0.1, -0.05) is 30.3 Å². The number of hydrogen-bond donors (Lipinski definition) is 0. The highest BCUT2D eigenvalue weighted by Crippen LogP contribution is 2.12. The summed E-state index contributed by atoms with van der Waals surface area (Å²) >= 11 is 0. The molecule has 0 spiro atoms. The zero-order chi connectivity index (χ0) is 11.8. The quantitative estimate of drug-likeness (QED) is 0.715. The van der Waals surface area contributed by atoms with Gasteiger partial charge in [-0.2, -0.15) is 10.5 Å². The Morgan fingerprint density at radius 3 is 2.31 bits per heavy atom. The van der Waals surface area contributed by atoms with Gasteiger partial charge < -0.3 is 0 Å². The lowest BCUT2D eigenvalue weighted by Gasteiger charge is -2.02. The summed E-state index contributed by atoms with van der Waals surface area (Å²) in [5.74, 6) is 0. The predicted molar refractivity (Wildman–Crippen MR) is 63.3 cm³/mol. The van der Waals surface area contributed by atoms with Gasteiger partial charge in [0.2, 0.25) is 0 Å². The van der Waals surface area contributed by atoms with Gasteiger partial charge in [-0.15, -0.1) is 0 Å². The van der Waals surface area contributed by atoms with E-state index < -0.39 is 0 Å². The molecule has 0 heterocycles. The molecule has 0 bridgehead atoms. The standard InChI is InChI=1S/C14H14N2/c1-12(14(10-15)11-16)6-5-9-13-7-3-2-4-8-13/h2-4,7-8H,5-6,9H2,1H3. The van der Waals surface area contributed by atoms with E-state index in [1.807, 2.05) is 37.3 Å². The number of aryl methyl sites for hydroxylation is 1. The number of nitrogens with zero attached hydrogens (tertiary/aromatic N) is 2. The van der Waals surface area contributed by atoms with Crippen LogP contribution in [-0.2, 0) is 6.42 Å². The van der Waals surface area contributed by atoms with Crippen molar-refractivity contribution in [1.82, 2.24) is 0 Å². The fraction of sp³-hybridized carbons (Fsp3) is 0.286. The van der Waals surface area contributed by atoms with Crippen molar-refractivity contribution in [2.75, 3.05) is 0 Å². The Morgan fingerprint density at radius 2 is 1.75 bits per heavy atom. The highest BCUT2D eigenvalue weighted by molar-refractivity contribution is 5.39. The van der Waals surface area contributed by atoms with E-state index in [9.17, 15) is 0 Å². The number of benzene rings is 1. The Bertz CT molecular complexity index is 428. The highest BCUT2D eigenvalue weighted by Gasteiger charge is 2.00. The van der Waals surface area contributed by atoms with Gasteiger partial charge >= 0.3 is 0 Å². The van der Waals surface area contributed by atoms with Crippen LogP contribution in [0.4, 0.5) is 0 Å². The third-order valence-electron chi connectivity index (χ3n) is 2.51. The van der Waals surface area contributed by atoms with Gasteiger partial charge in [0.1, 0.15) is 17.7 Å². The van der Waals surface area contributed by atoms with E-state index in [2.05, 4.69) is 12.1 Å². The van der Waals surface area contributed by atoms with E-state index in [1.165, 1.54) is 5.56 Å². The molecule has 0 aliphatic carbocycles. The maximum Gasteiger partial charge on any atom is 0.128 e. The van der Waals surface area contributed by atoms with E-state index >= 15 is 0 Å². The van der Waals surface area contributed by atoms with Crippen LogP contribution in [0.2, 0.25) is 0 Å². The van der Waals surface area contributed by atoms with Crippen molar-refractivity contribution >= 4 is 0 Å². The second-order valence-corrected chi connectivity index (χ2v) is 3.72. The number of nitriles is 2. The SMILES string of the molecule is CC(CCCc1ccccc1)=C(C#N)C#N.